The Balaban J connectivity index is 0.00000137. The van der Waals surface area contributed by atoms with Crippen LogP contribution in [0.4, 0.5) is 0 Å². The Bertz CT molecular complexity index is 1110. The Morgan fingerprint density at radius 3 is 1.41 bits per heavy atom. The van der Waals surface area contributed by atoms with E-state index in [4.69, 9.17) is 0 Å². The average molecular weight is 587 g/mol. The van der Waals surface area contributed by atoms with Crippen molar-refractivity contribution in [2.45, 2.75) is 45.8 Å². The molecule has 0 spiro atoms. The van der Waals surface area contributed by atoms with Crippen LogP contribution >= 0.6 is 24.8 Å². The van der Waals surface area contributed by atoms with E-state index in [1.807, 2.05) is 0 Å². The molecule has 0 bridgehead atoms. The number of benzene rings is 2. The first-order valence-electron chi connectivity index (χ1n) is 12.6. The summed E-state index contributed by atoms with van der Waals surface area (Å²) in [6.45, 7) is 2.55. The van der Waals surface area contributed by atoms with Crippen molar-refractivity contribution in [2.24, 2.45) is 11.8 Å². The van der Waals surface area contributed by atoms with Gasteiger partial charge in [0.05, 0.1) is 0 Å². The van der Waals surface area contributed by atoms with Gasteiger partial charge in [0, 0.05) is 0 Å². The Kier molecular flexibility index (Phi) is 7.86. The molecule has 0 radical (unpaired) electrons. The van der Waals surface area contributed by atoms with Crippen molar-refractivity contribution >= 4 is 38.2 Å². The fourth-order valence-corrected chi connectivity index (χ4v) is 36.3. The van der Waals surface area contributed by atoms with Crippen LogP contribution in [0.5, 0.6) is 0 Å². The minimum atomic E-state index is -3.89. The number of fused-ring (bicyclic) bond motifs is 2. The van der Waals surface area contributed by atoms with Gasteiger partial charge in [-0.1, -0.05) is 0 Å². The van der Waals surface area contributed by atoms with E-state index in [9.17, 15) is 0 Å². The molecule has 0 saturated heterocycles. The zero-order valence-electron chi connectivity index (χ0n) is 19.8. The molecule has 0 N–H and O–H groups in total. The van der Waals surface area contributed by atoms with Crippen molar-refractivity contribution in [1.29, 1.82) is 0 Å². The molecule has 4 aliphatic rings. The van der Waals surface area contributed by atoms with Gasteiger partial charge in [-0.15, -0.1) is 24.8 Å². The van der Waals surface area contributed by atoms with Crippen molar-refractivity contribution in [3.8, 4) is 0 Å². The summed E-state index contributed by atoms with van der Waals surface area (Å²) in [4.78, 5) is 0. The van der Waals surface area contributed by atoms with Crippen molar-refractivity contribution in [2.75, 3.05) is 0 Å². The summed E-state index contributed by atoms with van der Waals surface area (Å²) in [6, 6.07) is 23.9. The molecule has 0 amide bonds. The number of rotatable bonds is 4. The van der Waals surface area contributed by atoms with E-state index in [-0.39, 0.29) is 24.8 Å². The minimum absolute atomic E-state index is 0. The topological polar surface area (TPSA) is 0 Å². The van der Waals surface area contributed by atoms with E-state index < -0.39 is 17.4 Å². The van der Waals surface area contributed by atoms with Gasteiger partial charge >= 0.3 is 197 Å². The number of hydrogen-bond donors (Lipinski definition) is 0. The molecule has 4 aliphatic carbocycles. The normalized spacial score (nSPS) is 27.6. The Morgan fingerprint density at radius 1 is 0.588 bits per heavy atom. The third-order valence-electron chi connectivity index (χ3n) is 9.55. The van der Waals surface area contributed by atoms with Gasteiger partial charge < -0.3 is 0 Å². The molecule has 4 heteroatoms. The Labute approximate surface area is 220 Å². The molecule has 2 aromatic rings. The molecule has 2 saturated carbocycles. The number of halogens is 2. The summed E-state index contributed by atoms with van der Waals surface area (Å²) in [5.74, 6) is 1.54. The zero-order chi connectivity index (χ0) is 21.6. The van der Waals surface area contributed by atoms with Gasteiger partial charge in [0.25, 0.3) is 0 Å². The van der Waals surface area contributed by atoms with Gasteiger partial charge in [0.1, 0.15) is 0 Å². The summed E-state index contributed by atoms with van der Waals surface area (Å²) >= 11 is -3.89. The molecular weight excluding hydrogens is 551 g/mol. The quantitative estimate of drug-likeness (QED) is 0.343. The zero-order valence-corrected chi connectivity index (χ0v) is 25.3. The molecule has 0 aromatic heterocycles. The predicted molar refractivity (Wildman–Crippen MR) is 152 cm³/mol. The molecule has 0 nitrogen and oxygen atoms in total. The molecule has 4 atom stereocenters. The third-order valence-corrected chi connectivity index (χ3v) is 39.4. The van der Waals surface area contributed by atoms with E-state index in [0.29, 0.717) is 0 Å². The van der Waals surface area contributed by atoms with Crippen LogP contribution in [0, 0.1) is 11.8 Å². The average Bonchev–Trinajstić information content (AvgIpc) is 3.50. The summed E-state index contributed by atoms with van der Waals surface area (Å²) in [5, 5.41) is 0. The maximum absolute atomic E-state index is 3.89. The first-order valence-corrected chi connectivity index (χ1v) is 23.8. The first-order chi connectivity index (χ1) is 15.7. The van der Waals surface area contributed by atoms with Crippen LogP contribution in [0.2, 0.25) is 7.25 Å². The maximum atomic E-state index is 2.55. The van der Waals surface area contributed by atoms with Crippen molar-refractivity contribution < 1.29 is 17.4 Å². The van der Waals surface area contributed by atoms with E-state index >= 15 is 0 Å². The molecule has 34 heavy (non-hydrogen) atoms. The van der Waals surface area contributed by atoms with E-state index in [1.165, 1.54) is 38.5 Å². The van der Waals surface area contributed by atoms with Crippen molar-refractivity contribution in [3.05, 3.63) is 108 Å². The van der Waals surface area contributed by atoms with Crippen LogP contribution in [-0.2, 0) is 17.4 Å². The van der Waals surface area contributed by atoms with Crippen LogP contribution in [0.3, 0.4) is 0 Å². The van der Waals surface area contributed by atoms with Crippen LogP contribution < -0.4 is 6.54 Å². The van der Waals surface area contributed by atoms with Gasteiger partial charge in [0.15, 0.2) is 0 Å². The predicted octanol–water partition coefficient (Wildman–Crippen LogP) is 6.89. The van der Waals surface area contributed by atoms with Gasteiger partial charge in [-0.05, 0) is 0 Å². The molecule has 178 valence electrons. The van der Waals surface area contributed by atoms with Crippen molar-refractivity contribution in [3.63, 3.8) is 0 Å². The molecule has 0 heterocycles. The molecule has 0 aliphatic heterocycles. The SMILES string of the molecule is Cl.Cl.[SiH2]=[Zr]([c]1ccccc1)([c]1ccccc1)([CH]1CCC2CC=CC=C21)[CH]1CCC2CC=CC=C21. The second-order valence-corrected chi connectivity index (χ2v) is 34.0. The van der Waals surface area contributed by atoms with Gasteiger partial charge in [-0.3, -0.25) is 0 Å². The second-order valence-electron chi connectivity index (χ2n) is 10.7. The van der Waals surface area contributed by atoms with E-state index in [1.54, 1.807) is 17.7 Å². The molecule has 4 unspecified atom stereocenters. The standard InChI is InChI=1S/2C9H11.2C6H5.2ClH.H2Si.Zr/c2*1-2-5-9-7-3-6-8(9)4-1;2*1-2-4-6-5-3-1;;;;/h2*1-2,4,6,9H,3,5,7H2;2*1-5H;2*1H;1H2;. The fourth-order valence-electron chi connectivity index (χ4n) is 8.13. The fraction of sp³-hybridized carbons (Fsp3) is 0.333. The van der Waals surface area contributed by atoms with Gasteiger partial charge in [-0.25, -0.2) is 0 Å². The summed E-state index contributed by atoms with van der Waals surface area (Å²) in [5.41, 5.74) is 3.60. The van der Waals surface area contributed by atoms with Crippen LogP contribution in [0.15, 0.2) is 108 Å². The Hall–Kier alpha value is -0.920. The van der Waals surface area contributed by atoms with E-state index in [2.05, 4.69) is 104 Å². The summed E-state index contributed by atoms with van der Waals surface area (Å²) < 4.78 is 4.93. The molecular formula is C30H36Cl2SiZr. The second kappa shape index (κ2) is 10.2. The van der Waals surface area contributed by atoms with E-state index in [0.717, 1.165) is 19.1 Å². The number of allylic oxidation sites excluding steroid dienone is 8. The first kappa shape index (κ1) is 26.2. The van der Waals surface area contributed by atoms with Crippen molar-refractivity contribution in [1.82, 2.24) is 0 Å². The Morgan fingerprint density at radius 2 is 1.00 bits per heavy atom. The third kappa shape index (κ3) is 3.71. The van der Waals surface area contributed by atoms with Crippen LogP contribution in [-0.4, -0.2) is 6.88 Å². The number of hydrogen-bond acceptors (Lipinski definition) is 0. The molecule has 6 rings (SSSR count). The van der Waals surface area contributed by atoms with Crippen LogP contribution in [0.25, 0.3) is 0 Å². The summed E-state index contributed by atoms with van der Waals surface area (Å²) in [6.07, 6.45) is 22.6. The molecule has 2 fully saturated rings. The summed E-state index contributed by atoms with van der Waals surface area (Å²) in [7, 11) is 0. The van der Waals surface area contributed by atoms with Gasteiger partial charge in [-0.2, -0.15) is 0 Å². The molecule has 2 aromatic carbocycles. The van der Waals surface area contributed by atoms with Gasteiger partial charge in [0.2, 0.25) is 0 Å². The van der Waals surface area contributed by atoms with Crippen LogP contribution in [0.1, 0.15) is 38.5 Å². The monoisotopic (exact) mass is 584 g/mol.